The maximum absolute atomic E-state index is 12.2. The molecule has 0 bridgehead atoms. The Kier molecular flexibility index (Phi) is 6.18. The lowest BCUT2D eigenvalue weighted by Crippen LogP contribution is -2.09. The molecule has 2 aromatic heterocycles. The van der Waals surface area contributed by atoms with Crippen LogP contribution in [0.5, 0.6) is 5.88 Å². The highest BCUT2D eigenvalue weighted by atomic mass is 127. The summed E-state index contributed by atoms with van der Waals surface area (Å²) in [5.41, 5.74) is 1.24. The van der Waals surface area contributed by atoms with Gasteiger partial charge in [-0.1, -0.05) is 13.3 Å². The molecule has 0 aliphatic heterocycles. The van der Waals surface area contributed by atoms with Gasteiger partial charge in [0, 0.05) is 46.4 Å². The number of halogens is 2. The lowest BCUT2D eigenvalue weighted by molar-refractivity contribution is 0.0492. The SMILES string of the molecule is CCCCOC(=O)c1cc2c(Br)cnc(OC)c2n1SI. The summed E-state index contributed by atoms with van der Waals surface area (Å²) in [5.74, 6) is 0.141. The Morgan fingerprint density at radius 2 is 2.33 bits per heavy atom. The van der Waals surface area contributed by atoms with E-state index in [2.05, 4.69) is 49.0 Å². The Hall–Kier alpha value is -0.480. The first-order chi connectivity index (χ1) is 10.1. The molecule has 0 spiro atoms. The first kappa shape index (κ1) is 16.9. The van der Waals surface area contributed by atoms with E-state index in [0.29, 0.717) is 18.2 Å². The van der Waals surface area contributed by atoms with E-state index in [9.17, 15) is 4.79 Å². The number of pyridine rings is 1. The molecule has 0 aliphatic rings. The van der Waals surface area contributed by atoms with E-state index in [4.69, 9.17) is 9.47 Å². The van der Waals surface area contributed by atoms with Gasteiger partial charge in [-0.05, 0) is 28.4 Å². The molecule has 0 fully saturated rings. The molecule has 0 atom stereocenters. The second-order valence-electron chi connectivity index (χ2n) is 4.26. The van der Waals surface area contributed by atoms with Gasteiger partial charge in [0.25, 0.3) is 0 Å². The average Bonchev–Trinajstić information content (AvgIpc) is 2.88. The quantitative estimate of drug-likeness (QED) is 0.340. The van der Waals surface area contributed by atoms with E-state index in [0.717, 1.165) is 28.2 Å². The second kappa shape index (κ2) is 7.68. The average molecular weight is 485 g/mol. The van der Waals surface area contributed by atoms with Gasteiger partial charge in [0.05, 0.1) is 13.7 Å². The molecule has 8 heteroatoms. The number of nitrogens with zero attached hydrogens (tertiary/aromatic N) is 2. The Balaban J connectivity index is 2.49. The van der Waals surface area contributed by atoms with Gasteiger partial charge in [0.1, 0.15) is 11.2 Å². The summed E-state index contributed by atoms with van der Waals surface area (Å²) in [6.45, 7) is 2.48. The van der Waals surface area contributed by atoms with Crippen LogP contribution >= 0.6 is 46.3 Å². The molecule has 2 heterocycles. The zero-order valence-corrected chi connectivity index (χ0v) is 16.1. The minimum atomic E-state index is -0.335. The predicted octanol–water partition coefficient (Wildman–Crippen LogP) is 4.61. The molecule has 0 saturated heterocycles. The van der Waals surface area contributed by atoms with Gasteiger partial charge >= 0.3 is 5.97 Å². The minimum Gasteiger partial charge on any atom is -0.479 e. The molecule has 0 unspecified atom stereocenters. The summed E-state index contributed by atoms with van der Waals surface area (Å²) in [7, 11) is 2.94. The third-order valence-corrected chi connectivity index (χ3v) is 5.25. The number of fused-ring (bicyclic) bond motifs is 1. The van der Waals surface area contributed by atoms with Crippen molar-refractivity contribution in [3.05, 3.63) is 22.4 Å². The van der Waals surface area contributed by atoms with Crippen molar-refractivity contribution < 1.29 is 14.3 Å². The first-order valence-corrected chi connectivity index (χ1v) is 10.4. The molecule has 5 nitrogen and oxygen atoms in total. The van der Waals surface area contributed by atoms with Crippen LogP contribution < -0.4 is 4.74 Å². The number of carbonyl (C=O) groups excluding carboxylic acids is 1. The van der Waals surface area contributed by atoms with Crippen LogP contribution in [0.15, 0.2) is 16.7 Å². The molecule has 114 valence electrons. The van der Waals surface area contributed by atoms with Crippen molar-refractivity contribution in [1.29, 1.82) is 0 Å². The summed E-state index contributed by atoms with van der Waals surface area (Å²) < 4.78 is 13.2. The van der Waals surface area contributed by atoms with Crippen LogP contribution in [0.2, 0.25) is 0 Å². The van der Waals surface area contributed by atoms with Crippen LogP contribution in [-0.2, 0) is 4.74 Å². The third kappa shape index (κ3) is 3.48. The second-order valence-corrected chi connectivity index (χ2v) is 6.80. The van der Waals surface area contributed by atoms with Crippen molar-refractivity contribution in [2.45, 2.75) is 19.8 Å². The highest BCUT2D eigenvalue weighted by Crippen LogP contribution is 2.37. The van der Waals surface area contributed by atoms with E-state index in [1.807, 2.05) is 0 Å². The van der Waals surface area contributed by atoms with Gasteiger partial charge < -0.3 is 9.47 Å². The number of aromatic nitrogens is 2. The predicted molar refractivity (Wildman–Crippen MR) is 96.2 cm³/mol. The molecule has 0 N–H and O–H groups in total. The van der Waals surface area contributed by atoms with E-state index >= 15 is 0 Å². The molecule has 2 rings (SSSR count). The van der Waals surface area contributed by atoms with Gasteiger partial charge in [-0.15, -0.1) is 0 Å². The molecule has 0 aromatic carbocycles. The highest BCUT2D eigenvalue weighted by Gasteiger charge is 2.22. The van der Waals surface area contributed by atoms with Crippen molar-refractivity contribution >= 4 is 63.1 Å². The van der Waals surface area contributed by atoms with Crippen molar-refractivity contribution in [1.82, 2.24) is 8.96 Å². The topological polar surface area (TPSA) is 53.4 Å². The fourth-order valence-corrected chi connectivity index (χ4v) is 3.95. The highest BCUT2D eigenvalue weighted by molar-refractivity contribution is 14.2. The summed E-state index contributed by atoms with van der Waals surface area (Å²) in [6.07, 6.45) is 3.51. The lowest BCUT2D eigenvalue weighted by atomic mass is 10.3. The Morgan fingerprint density at radius 1 is 1.57 bits per heavy atom. The summed E-state index contributed by atoms with van der Waals surface area (Å²) in [6, 6.07) is 1.80. The van der Waals surface area contributed by atoms with Gasteiger partial charge in [-0.3, -0.25) is 3.97 Å². The minimum absolute atomic E-state index is 0.335. The lowest BCUT2D eigenvalue weighted by Gasteiger charge is -2.08. The Labute approximate surface area is 147 Å². The molecular weight excluding hydrogens is 471 g/mol. The summed E-state index contributed by atoms with van der Waals surface area (Å²) in [4.78, 5) is 16.5. The third-order valence-electron chi connectivity index (χ3n) is 2.92. The molecule has 0 amide bonds. The Bertz CT molecular complexity index is 662. The summed E-state index contributed by atoms with van der Waals surface area (Å²) in [5, 5.41) is 0.869. The number of ether oxygens (including phenoxy) is 2. The van der Waals surface area contributed by atoms with Crippen molar-refractivity contribution in [2.24, 2.45) is 0 Å². The van der Waals surface area contributed by atoms with Crippen LogP contribution in [0.4, 0.5) is 0 Å². The molecular formula is C13H14BrIN2O3S. The fraction of sp³-hybridized carbons (Fsp3) is 0.385. The molecule has 2 aromatic rings. The molecule has 21 heavy (non-hydrogen) atoms. The standard InChI is InChI=1S/C13H14BrIN2O3S/c1-3-4-5-20-13(18)10-6-8-9(14)7-16-12(19-2)11(8)17(10)21-15/h6-7H,3-5H2,1-2H3. The van der Waals surface area contributed by atoms with E-state index < -0.39 is 0 Å². The van der Waals surface area contributed by atoms with Crippen LogP contribution in [0, 0.1) is 0 Å². The van der Waals surface area contributed by atoms with E-state index in [-0.39, 0.29) is 5.97 Å². The molecule has 0 aliphatic carbocycles. The van der Waals surface area contributed by atoms with Gasteiger partial charge in [0.15, 0.2) is 0 Å². The maximum Gasteiger partial charge on any atom is 0.355 e. The van der Waals surface area contributed by atoms with Gasteiger partial charge in [-0.25, -0.2) is 9.78 Å². The normalized spacial score (nSPS) is 10.9. The van der Waals surface area contributed by atoms with Crippen LogP contribution in [0.25, 0.3) is 10.9 Å². The van der Waals surface area contributed by atoms with Crippen molar-refractivity contribution in [3.63, 3.8) is 0 Å². The van der Waals surface area contributed by atoms with E-state index in [1.165, 1.54) is 9.12 Å². The monoisotopic (exact) mass is 484 g/mol. The number of rotatable bonds is 6. The van der Waals surface area contributed by atoms with Gasteiger partial charge in [0.2, 0.25) is 5.88 Å². The number of methoxy groups -OCH3 is 1. The maximum atomic E-state index is 12.2. The number of carbonyl (C=O) groups is 1. The van der Waals surface area contributed by atoms with Crippen LogP contribution in [0.1, 0.15) is 30.3 Å². The summed E-state index contributed by atoms with van der Waals surface area (Å²) >= 11 is 5.57. The van der Waals surface area contributed by atoms with Crippen molar-refractivity contribution in [3.8, 4) is 5.88 Å². The number of hydrogen-bond acceptors (Lipinski definition) is 5. The zero-order valence-electron chi connectivity index (χ0n) is 11.6. The number of esters is 1. The fourth-order valence-electron chi connectivity index (χ4n) is 1.87. The van der Waals surface area contributed by atoms with Gasteiger partial charge in [-0.2, -0.15) is 0 Å². The smallest absolute Gasteiger partial charge is 0.355 e. The number of unbranched alkanes of at least 4 members (excludes halogenated alkanes) is 1. The number of hydrogen-bond donors (Lipinski definition) is 0. The van der Waals surface area contributed by atoms with Crippen molar-refractivity contribution in [2.75, 3.05) is 13.7 Å². The first-order valence-electron chi connectivity index (χ1n) is 6.34. The van der Waals surface area contributed by atoms with Crippen LogP contribution in [0.3, 0.4) is 0 Å². The van der Waals surface area contributed by atoms with Crippen LogP contribution in [-0.4, -0.2) is 28.6 Å². The van der Waals surface area contributed by atoms with E-state index in [1.54, 1.807) is 23.3 Å². The Morgan fingerprint density at radius 3 is 2.95 bits per heavy atom. The molecule has 0 radical (unpaired) electrons. The largest absolute Gasteiger partial charge is 0.479 e. The zero-order chi connectivity index (χ0) is 15.4. The molecule has 0 saturated carbocycles.